The minimum Gasteiger partial charge on any atom is -0.483 e. The van der Waals surface area contributed by atoms with Gasteiger partial charge in [0, 0.05) is 18.0 Å². The number of benzene rings is 1. The molecule has 0 saturated heterocycles. The van der Waals surface area contributed by atoms with E-state index in [1.165, 1.54) is 5.56 Å². The summed E-state index contributed by atoms with van der Waals surface area (Å²) in [5.74, 6) is 2.24. The van der Waals surface area contributed by atoms with Gasteiger partial charge in [-0.1, -0.05) is 12.1 Å². The lowest BCUT2D eigenvalue weighted by Crippen LogP contribution is -2.24. The van der Waals surface area contributed by atoms with Crippen LogP contribution in [0.5, 0.6) is 17.2 Å². The van der Waals surface area contributed by atoms with Crippen LogP contribution in [0.15, 0.2) is 36.5 Å². The largest absolute Gasteiger partial charge is 0.483 e. The average molecular weight is 284 g/mol. The Morgan fingerprint density at radius 2 is 2.10 bits per heavy atom. The van der Waals surface area contributed by atoms with Crippen LogP contribution in [0.4, 0.5) is 0 Å². The molecule has 1 aromatic heterocycles. The van der Waals surface area contributed by atoms with Gasteiger partial charge in [0.1, 0.15) is 11.4 Å². The maximum Gasteiger partial charge on any atom is 0.169 e. The Bertz CT molecular complexity index is 648. The number of ether oxygens (including phenoxy) is 2. The highest BCUT2D eigenvalue weighted by molar-refractivity contribution is 5.51. The van der Waals surface area contributed by atoms with Crippen LogP contribution in [0.25, 0.3) is 0 Å². The maximum absolute atomic E-state index is 5.99. The highest BCUT2D eigenvalue weighted by atomic mass is 16.5. The van der Waals surface area contributed by atoms with E-state index in [1.54, 1.807) is 6.20 Å². The van der Waals surface area contributed by atoms with E-state index in [2.05, 4.69) is 24.9 Å². The van der Waals surface area contributed by atoms with Gasteiger partial charge in [0.15, 0.2) is 11.5 Å². The zero-order valence-electron chi connectivity index (χ0n) is 12.6. The summed E-state index contributed by atoms with van der Waals surface area (Å²) < 4.78 is 11.9. The molecule has 1 aromatic carbocycles. The summed E-state index contributed by atoms with van der Waals surface area (Å²) in [4.78, 5) is 4.31. The molecule has 1 aliphatic heterocycles. The molecule has 0 spiro atoms. The van der Waals surface area contributed by atoms with Crippen LogP contribution in [0, 0.1) is 0 Å². The van der Waals surface area contributed by atoms with E-state index in [9.17, 15) is 0 Å². The molecule has 4 heteroatoms. The second kappa shape index (κ2) is 5.04. The van der Waals surface area contributed by atoms with Crippen LogP contribution >= 0.6 is 0 Å². The molecule has 1 unspecified atom stereocenters. The molecule has 2 N–H and O–H groups in total. The van der Waals surface area contributed by atoms with E-state index < -0.39 is 0 Å². The summed E-state index contributed by atoms with van der Waals surface area (Å²) >= 11 is 0. The lowest BCUT2D eigenvalue weighted by Gasteiger charge is -2.18. The van der Waals surface area contributed by atoms with Gasteiger partial charge < -0.3 is 15.2 Å². The fourth-order valence-corrected chi connectivity index (χ4v) is 2.52. The lowest BCUT2D eigenvalue weighted by molar-refractivity contribution is 0.135. The third-order valence-corrected chi connectivity index (χ3v) is 3.51. The number of nitrogens with zero attached hydrogens (tertiary/aromatic N) is 1. The zero-order valence-corrected chi connectivity index (χ0v) is 12.6. The first kappa shape index (κ1) is 13.9. The molecule has 21 heavy (non-hydrogen) atoms. The SMILES string of the molecule is CC(N)c1ccc(Oc2cccc3c2OC(C)(C)C3)cn1. The van der Waals surface area contributed by atoms with E-state index in [4.69, 9.17) is 15.2 Å². The predicted molar refractivity (Wildman–Crippen MR) is 81.8 cm³/mol. The van der Waals surface area contributed by atoms with E-state index >= 15 is 0 Å². The number of nitrogens with two attached hydrogens (primary N) is 1. The predicted octanol–water partition coefficient (Wildman–Crippen LogP) is 3.61. The van der Waals surface area contributed by atoms with Crippen molar-refractivity contribution < 1.29 is 9.47 Å². The monoisotopic (exact) mass is 284 g/mol. The van der Waals surface area contributed by atoms with Gasteiger partial charge in [-0.25, -0.2) is 0 Å². The molecular weight excluding hydrogens is 264 g/mol. The number of pyridine rings is 1. The van der Waals surface area contributed by atoms with Gasteiger partial charge in [-0.15, -0.1) is 0 Å². The minimum absolute atomic E-state index is 0.0795. The molecule has 0 amide bonds. The van der Waals surface area contributed by atoms with E-state index in [1.807, 2.05) is 31.2 Å². The van der Waals surface area contributed by atoms with Crippen molar-refractivity contribution in [2.45, 2.75) is 38.8 Å². The van der Waals surface area contributed by atoms with Crippen LogP contribution in [-0.4, -0.2) is 10.6 Å². The van der Waals surface area contributed by atoms with Gasteiger partial charge in [0.05, 0.1) is 11.9 Å². The molecule has 0 fully saturated rings. The summed E-state index contributed by atoms with van der Waals surface area (Å²) in [5, 5.41) is 0. The second-order valence-electron chi connectivity index (χ2n) is 6.09. The van der Waals surface area contributed by atoms with Crippen LogP contribution < -0.4 is 15.2 Å². The topological polar surface area (TPSA) is 57.4 Å². The van der Waals surface area contributed by atoms with Crippen molar-refractivity contribution in [2.24, 2.45) is 5.73 Å². The average Bonchev–Trinajstić information content (AvgIpc) is 2.74. The van der Waals surface area contributed by atoms with E-state index in [-0.39, 0.29) is 11.6 Å². The molecule has 4 nitrogen and oxygen atoms in total. The summed E-state index contributed by atoms with van der Waals surface area (Å²) in [6.45, 7) is 6.06. The minimum atomic E-state index is -0.182. The molecule has 0 aliphatic carbocycles. The Morgan fingerprint density at radius 3 is 2.76 bits per heavy atom. The lowest BCUT2D eigenvalue weighted by atomic mass is 10.0. The molecular formula is C17H20N2O2. The summed E-state index contributed by atoms with van der Waals surface area (Å²) in [6.07, 6.45) is 2.58. The van der Waals surface area contributed by atoms with E-state index in [0.29, 0.717) is 5.75 Å². The van der Waals surface area contributed by atoms with Crippen molar-refractivity contribution in [2.75, 3.05) is 0 Å². The third kappa shape index (κ3) is 2.85. The third-order valence-electron chi connectivity index (χ3n) is 3.51. The Kier molecular flexibility index (Phi) is 3.33. The van der Waals surface area contributed by atoms with Crippen LogP contribution in [0.3, 0.4) is 0 Å². The molecule has 2 heterocycles. The first-order valence-electron chi connectivity index (χ1n) is 7.15. The quantitative estimate of drug-likeness (QED) is 0.935. The van der Waals surface area contributed by atoms with Gasteiger partial charge in [-0.3, -0.25) is 4.98 Å². The zero-order chi connectivity index (χ0) is 15.0. The Hall–Kier alpha value is -2.07. The van der Waals surface area contributed by atoms with Gasteiger partial charge >= 0.3 is 0 Å². The van der Waals surface area contributed by atoms with E-state index in [0.717, 1.165) is 23.6 Å². The van der Waals surface area contributed by atoms with Crippen molar-refractivity contribution in [1.82, 2.24) is 4.98 Å². The fourth-order valence-electron chi connectivity index (χ4n) is 2.52. The van der Waals surface area contributed by atoms with Crippen molar-refractivity contribution in [1.29, 1.82) is 0 Å². The first-order valence-corrected chi connectivity index (χ1v) is 7.15. The smallest absolute Gasteiger partial charge is 0.169 e. The fraction of sp³-hybridized carbons (Fsp3) is 0.353. The molecule has 110 valence electrons. The second-order valence-corrected chi connectivity index (χ2v) is 6.09. The van der Waals surface area contributed by atoms with Crippen LogP contribution in [0.2, 0.25) is 0 Å². The molecule has 0 radical (unpaired) electrons. The number of rotatable bonds is 3. The molecule has 1 aliphatic rings. The highest BCUT2D eigenvalue weighted by Crippen LogP contribution is 2.43. The first-order chi connectivity index (χ1) is 9.94. The van der Waals surface area contributed by atoms with Crippen LogP contribution in [0.1, 0.15) is 38.1 Å². The van der Waals surface area contributed by atoms with Crippen molar-refractivity contribution >= 4 is 0 Å². The molecule has 0 saturated carbocycles. The van der Waals surface area contributed by atoms with Crippen molar-refractivity contribution in [3.63, 3.8) is 0 Å². The molecule has 0 bridgehead atoms. The maximum atomic E-state index is 5.99. The van der Waals surface area contributed by atoms with Gasteiger partial charge in [0.25, 0.3) is 0 Å². The molecule has 2 aromatic rings. The number of aromatic nitrogens is 1. The number of para-hydroxylation sites is 1. The van der Waals surface area contributed by atoms with Crippen molar-refractivity contribution in [3.8, 4) is 17.2 Å². The van der Waals surface area contributed by atoms with Gasteiger partial charge in [-0.2, -0.15) is 0 Å². The summed E-state index contributed by atoms with van der Waals surface area (Å²) in [5.41, 5.74) is 7.64. The molecule has 1 atom stereocenters. The molecule has 3 rings (SSSR count). The summed E-state index contributed by atoms with van der Waals surface area (Å²) in [6, 6.07) is 9.67. The van der Waals surface area contributed by atoms with Gasteiger partial charge in [0.2, 0.25) is 0 Å². The standard InChI is InChI=1S/C17H20N2O2/c1-11(18)14-8-7-13(10-19-14)20-15-6-4-5-12-9-17(2,3)21-16(12)15/h4-8,10-11H,9,18H2,1-3H3. The van der Waals surface area contributed by atoms with Gasteiger partial charge in [-0.05, 0) is 39.0 Å². The van der Waals surface area contributed by atoms with Crippen molar-refractivity contribution in [3.05, 3.63) is 47.8 Å². The number of fused-ring (bicyclic) bond motifs is 1. The highest BCUT2D eigenvalue weighted by Gasteiger charge is 2.32. The normalized spacial score (nSPS) is 17.0. The Morgan fingerprint density at radius 1 is 1.29 bits per heavy atom. The number of hydrogen-bond acceptors (Lipinski definition) is 4. The number of hydrogen-bond donors (Lipinski definition) is 1. The Balaban J connectivity index is 1.85. The summed E-state index contributed by atoms with van der Waals surface area (Å²) in [7, 11) is 0. The Labute approximate surface area is 124 Å². The van der Waals surface area contributed by atoms with Crippen LogP contribution in [-0.2, 0) is 6.42 Å².